The van der Waals surface area contributed by atoms with E-state index in [9.17, 15) is 19.5 Å². The molecule has 208 valence electrons. The van der Waals surface area contributed by atoms with Crippen LogP contribution in [0.3, 0.4) is 0 Å². The van der Waals surface area contributed by atoms with Crippen LogP contribution in [-0.2, 0) is 16.6 Å². The summed E-state index contributed by atoms with van der Waals surface area (Å²) in [6, 6.07) is 15.0. The molecule has 0 aliphatic carbocycles. The number of halogens is 1. The first-order valence-electron chi connectivity index (χ1n) is 12.6. The van der Waals surface area contributed by atoms with Crippen molar-refractivity contribution in [2.24, 2.45) is 0 Å². The predicted octanol–water partition coefficient (Wildman–Crippen LogP) is 8.18. The molecule has 0 unspecified atom stereocenters. The molecule has 0 aliphatic heterocycles. The number of hydrogen-bond acceptors (Lipinski definition) is 5. The van der Waals surface area contributed by atoms with E-state index in [1.807, 2.05) is 25.1 Å². The van der Waals surface area contributed by atoms with Crippen molar-refractivity contribution in [1.29, 1.82) is 0 Å². The van der Waals surface area contributed by atoms with E-state index >= 15 is 0 Å². The molecule has 0 saturated heterocycles. The number of carbonyl (C=O) groups is 3. The minimum atomic E-state index is -1.02. The monoisotopic (exact) mass is 554 g/mol. The van der Waals surface area contributed by atoms with Crippen LogP contribution in [0.1, 0.15) is 78.4 Å². The van der Waals surface area contributed by atoms with Gasteiger partial charge in [0.2, 0.25) is 0 Å². The molecule has 3 aromatic carbocycles. The molecule has 0 aliphatic rings. The fourth-order valence-electron chi connectivity index (χ4n) is 4.25. The third-order valence-corrected chi connectivity index (χ3v) is 6.06. The largest absolute Gasteiger partial charge is 0.513 e. The number of rotatable bonds is 7. The number of benzene rings is 3. The van der Waals surface area contributed by atoms with Gasteiger partial charge in [-0.3, -0.25) is 0 Å². The van der Waals surface area contributed by atoms with Crippen LogP contribution in [0.5, 0.6) is 5.75 Å². The highest BCUT2D eigenvalue weighted by atomic mass is 35.5. The molecule has 3 aromatic rings. The zero-order chi connectivity index (χ0) is 29.3. The van der Waals surface area contributed by atoms with Crippen molar-refractivity contribution in [3.05, 3.63) is 87.4 Å². The van der Waals surface area contributed by atoms with Crippen molar-refractivity contribution in [3.8, 4) is 16.9 Å². The van der Waals surface area contributed by atoms with Gasteiger partial charge >= 0.3 is 18.1 Å². The molecule has 0 heterocycles. The SMILES string of the molecule is CCCc1ccc(C(=O)O)c(-c2cccc(C)c2OC(=O)OCC)c1C(C)(C)C.O=C(O)c1ccc(Cl)cc1. The zero-order valence-corrected chi connectivity index (χ0v) is 23.9. The summed E-state index contributed by atoms with van der Waals surface area (Å²) in [5.74, 6) is -1.62. The highest BCUT2D eigenvalue weighted by Gasteiger charge is 2.29. The zero-order valence-electron chi connectivity index (χ0n) is 23.1. The van der Waals surface area contributed by atoms with E-state index in [4.69, 9.17) is 26.2 Å². The fourth-order valence-corrected chi connectivity index (χ4v) is 4.37. The summed E-state index contributed by atoms with van der Waals surface area (Å²) < 4.78 is 10.5. The Kier molecular flexibility index (Phi) is 11.1. The number of aromatic carboxylic acids is 2. The van der Waals surface area contributed by atoms with Gasteiger partial charge in [-0.2, -0.15) is 0 Å². The Labute approximate surface area is 234 Å². The van der Waals surface area contributed by atoms with Crippen LogP contribution in [0.25, 0.3) is 11.1 Å². The Morgan fingerprint density at radius 2 is 1.54 bits per heavy atom. The number of carboxylic acid groups (broad SMARTS) is 2. The summed E-state index contributed by atoms with van der Waals surface area (Å²) >= 11 is 5.52. The van der Waals surface area contributed by atoms with Gasteiger partial charge in [0.25, 0.3) is 0 Å². The molecule has 0 amide bonds. The Morgan fingerprint density at radius 1 is 0.897 bits per heavy atom. The molecule has 0 aromatic heterocycles. The topological polar surface area (TPSA) is 110 Å². The van der Waals surface area contributed by atoms with E-state index in [0.717, 1.165) is 29.5 Å². The number of aryl methyl sites for hydroxylation is 2. The summed E-state index contributed by atoms with van der Waals surface area (Å²) in [7, 11) is 0. The van der Waals surface area contributed by atoms with Crippen molar-refractivity contribution in [2.75, 3.05) is 6.61 Å². The average Bonchev–Trinajstić information content (AvgIpc) is 2.85. The van der Waals surface area contributed by atoms with Gasteiger partial charge in [0.1, 0.15) is 5.75 Å². The second-order valence-electron chi connectivity index (χ2n) is 9.88. The van der Waals surface area contributed by atoms with Gasteiger partial charge in [-0.1, -0.05) is 70.0 Å². The maximum absolute atomic E-state index is 12.1. The van der Waals surface area contributed by atoms with Gasteiger partial charge in [-0.25, -0.2) is 14.4 Å². The standard InChI is InChI=1S/C24H30O5.C7H5ClO2/c1-7-10-16-13-14-18(22(25)26)19(20(16)24(4,5)6)17-12-9-11-15(3)21(17)29-23(27)28-8-2;8-6-3-1-5(2-4-6)7(9)10/h9,11-14H,7-8,10H2,1-6H3,(H,25,26);1-4H,(H,9,10). The number of para-hydroxylation sites is 1. The maximum atomic E-state index is 12.1. The number of carboxylic acids is 2. The molecule has 3 rings (SSSR count). The first kappa shape index (κ1) is 31.4. The van der Waals surface area contributed by atoms with Crippen LogP contribution < -0.4 is 4.74 Å². The molecule has 0 saturated carbocycles. The van der Waals surface area contributed by atoms with Crippen LogP contribution in [0.4, 0.5) is 4.79 Å². The first-order chi connectivity index (χ1) is 18.3. The summed E-state index contributed by atoms with van der Waals surface area (Å²) in [4.78, 5) is 34.5. The van der Waals surface area contributed by atoms with Gasteiger partial charge in [0.15, 0.2) is 0 Å². The van der Waals surface area contributed by atoms with Crippen LogP contribution in [0.2, 0.25) is 5.02 Å². The van der Waals surface area contributed by atoms with Crippen LogP contribution in [0, 0.1) is 6.92 Å². The highest BCUT2D eigenvalue weighted by molar-refractivity contribution is 6.30. The summed E-state index contributed by atoms with van der Waals surface area (Å²) in [5.41, 5.74) is 4.10. The van der Waals surface area contributed by atoms with Crippen LogP contribution >= 0.6 is 11.6 Å². The van der Waals surface area contributed by atoms with E-state index in [1.54, 1.807) is 31.2 Å². The Morgan fingerprint density at radius 3 is 2.05 bits per heavy atom. The predicted molar refractivity (Wildman–Crippen MR) is 152 cm³/mol. The summed E-state index contributed by atoms with van der Waals surface area (Å²) in [6.07, 6.45) is 0.968. The molecular formula is C31H35ClO7. The Balaban J connectivity index is 0.000000446. The van der Waals surface area contributed by atoms with Crippen molar-refractivity contribution < 1.29 is 34.1 Å². The van der Waals surface area contributed by atoms with Gasteiger partial charge in [-0.15, -0.1) is 0 Å². The van der Waals surface area contributed by atoms with Gasteiger partial charge in [0.05, 0.1) is 17.7 Å². The van der Waals surface area contributed by atoms with E-state index < -0.39 is 18.1 Å². The minimum absolute atomic E-state index is 0.189. The number of ether oxygens (including phenoxy) is 2. The Bertz CT molecular complexity index is 1320. The molecular weight excluding hydrogens is 520 g/mol. The molecule has 39 heavy (non-hydrogen) atoms. The van der Waals surface area contributed by atoms with Crippen molar-refractivity contribution in [1.82, 2.24) is 0 Å². The number of carbonyl (C=O) groups excluding carboxylic acids is 1. The van der Waals surface area contributed by atoms with Crippen LogP contribution in [-0.4, -0.2) is 34.9 Å². The smallest absolute Gasteiger partial charge is 0.478 e. The van der Waals surface area contributed by atoms with Crippen molar-refractivity contribution in [2.45, 2.75) is 59.8 Å². The molecule has 2 N–H and O–H groups in total. The lowest BCUT2D eigenvalue weighted by atomic mass is 9.76. The van der Waals surface area contributed by atoms with Crippen molar-refractivity contribution >= 4 is 29.7 Å². The maximum Gasteiger partial charge on any atom is 0.513 e. The van der Waals surface area contributed by atoms with Crippen molar-refractivity contribution in [3.63, 3.8) is 0 Å². The van der Waals surface area contributed by atoms with E-state index in [1.165, 1.54) is 12.1 Å². The molecule has 0 fully saturated rings. The summed E-state index contributed by atoms with van der Waals surface area (Å²) in [6.45, 7) is 12.0. The quantitative estimate of drug-likeness (QED) is 0.224. The second kappa shape index (κ2) is 13.8. The molecule has 0 bridgehead atoms. The molecule has 7 nitrogen and oxygen atoms in total. The lowest BCUT2D eigenvalue weighted by Crippen LogP contribution is -2.19. The lowest BCUT2D eigenvalue weighted by Gasteiger charge is -2.29. The third kappa shape index (κ3) is 8.32. The second-order valence-corrected chi connectivity index (χ2v) is 10.3. The molecule has 0 radical (unpaired) electrons. The normalized spacial score (nSPS) is 10.7. The third-order valence-electron chi connectivity index (χ3n) is 5.81. The Hall–Kier alpha value is -3.84. The molecule has 8 heteroatoms. The van der Waals surface area contributed by atoms with Gasteiger partial charge in [0, 0.05) is 16.1 Å². The summed E-state index contributed by atoms with van der Waals surface area (Å²) in [5, 5.41) is 18.9. The fraction of sp³-hybridized carbons (Fsp3) is 0.323. The van der Waals surface area contributed by atoms with E-state index in [-0.39, 0.29) is 23.1 Å². The van der Waals surface area contributed by atoms with Gasteiger partial charge < -0.3 is 19.7 Å². The lowest BCUT2D eigenvalue weighted by molar-refractivity contribution is 0.0686. The van der Waals surface area contributed by atoms with E-state index in [0.29, 0.717) is 21.9 Å². The minimum Gasteiger partial charge on any atom is -0.478 e. The van der Waals surface area contributed by atoms with Crippen LogP contribution in [0.15, 0.2) is 54.6 Å². The first-order valence-corrected chi connectivity index (χ1v) is 13.0. The molecule has 0 atom stereocenters. The molecule has 0 spiro atoms. The van der Waals surface area contributed by atoms with E-state index in [2.05, 4.69) is 27.7 Å². The average molecular weight is 555 g/mol. The highest BCUT2D eigenvalue weighted by Crippen LogP contribution is 2.43. The van der Waals surface area contributed by atoms with Gasteiger partial charge in [-0.05, 0) is 72.7 Å². The number of hydrogen-bond donors (Lipinski definition) is 2.